The van der Waals surface area contributed by atoms with E-state index in [1.54, 1.807) is 16.8 Å². The summed E-state index contributed by atoms with van der Waals surface area (Å²) in [5.41, 5.74) is 2.76. The van der Waals surface area contributed by atoms with Crippen molar-refractivity contribution in [1.29, 1.82) is 0 Å². The number of thiazole rings is 1. The first-order valence-electron chi connectivity index (χ1n) is 3.35. The molecule has 0 saturated heterocycles. The second kappa shape index (κ2) is 4.57. The number of hydrogen-bond acceptors (Lipinski definition) is 4. The van der Waals surface area contributed by atoms with Crippen molar-refractivity contribution in [3.8, 4) is 0 Å². The second-order valence-electron chi connectivity index (χ2n) is 2.20. The molecule has 12 heavy (non-hydrogen) atoms. The first kappa shape index (κ1) is 9.67. The predicted octanol–water partition coefficient (Wildman–Crippen LogP) is 2.06. The first-order chi connectivity index (χ1) is 5.75. The van der Waals surface area contributed by atoms with Crippen molar-refractivity contribution in [1.82, 2.24) is 4.98 Å². The van der Waals surface area contributed by atoms with Gasteiger partial charge in [-0.1, -0.05) is 15.9 Å². The van der Waals surface area contributed by atoms with Crippen LogP contribution in [0.5, 0.6) is 0 Å². The fourth-order valence-electron chi connectivity index (χ4n) is 0.811. The van der Waals surface area contributed by atoms with Crippen LogP contribution in [0.1, 0.15) is 15.4 Å². The van der Waals surface area contributed by atoms with E-state index in [1.165, 1.54) is 0 Å². The van der Waals surface area contributed by atoms with Gasteiger partial charge in [0.05, 0.1) is 16.0 Å². The lowest BCUT2D eigenvalue weighted by Crippen LogP contribution is -1.99. The summed E-state index contributed by atoms with van der Waals surface area (Å²) in [6, 6.07) is 0. The smallest absolute Gasteiger partial charge is 0.293 e. The quantitative estimate of drug-likeness (QED) is 0.606. The monoisotopic (exact) mass is 249 g/mol. The molecular weight excluding hydrogens is 242 g/mol. The van der Waals surface area contributed by atoms with E-state index in [-0.39, 0.29) is 4.83 Å². The lowest BCUT2D eigenvalue weighted by molar-refractivity contribution is -0.128. The molecular formula is C7H8BrNO2S. The van der Waals surface area contributed by atoms with Crippen molar-refractivity contribution in [2.24, 2.45) is 0 Å². The highest BCUT2D eigenvalue weighted by molar-refractivity contribution is 9.09. The number of hydrogen-bond donors (Lipinski definition) is 0. The molecule has 0 fully saturated rings. The molecule has 0 spiro atoms. The van der Waals surface area contributed by atoms with Gasteiger partial charge in [-0.2, -0.15) is 0 Å². The van der Waals surface area contributed by atoms with E-state index in [4.69, 9.17) is 0 Å². The molecule has 0 aliphatic rings. The molecule has 1 aromatic rings. The van der Waals surface area contributed by atoms with Crippen LogP contribution in [0.3, 0.4) is 0 Å². The lowest BCUT2D eigenvalue weighted by atomic mass is 10.3. The van der Waals surface area contributed by atoms with Crippen LogP contribution in [0.25, 0.3) is 0 Å². The van der Waals surface area contributed by atoms with Crippen LogP contribution >= 0.6 is 27.3 Å². The maximum Gasteiger partial charge on any atom is 0.293 e. The summed E-state index contributed by atoms with van der Waals surface area (Å²) >= 11 is 4.96. The number of halogens is 1. The van der Waals surface area contributed by atoms with Gasteiger partial charge in [-0.3, -0.25) is 4.79 Å². The van der Waals surface area contributed by atoms with Crippen LogP contribution in [0.15, 0.2) is 5.51 Å². The third-order valence-corrected chi connectivity index (χ3v) is 3.45. The SMILES string of the molecule is Cc1ncsc1C(Br)COC=O. The summed E-state index contributed by atoms with van der Waals surface area (Å²) in [5, 5.41) is 0. The predicted molar refractivity (Wildman–Crippen MR) is 50.5 cm³/mol. The van der Waals surface area contributed by atoms with Gasteiger partial charge in [-0.15, -0.1) is 11.3 Å². The third-order valence-electron chi connectivity index (χ3n) is 1.38. The van der Waals surface area contributed by atoms with Crippen LogP contribution in [0.2, 0.25) is 0 Å². The summed E-state index contributed by atoms with van der Waals surface area (Å²) in [6.07, 6.45) is 0. The molecule has 0 amide bonds. The zero-order chi connectivity index (χ0) is 8.97. The van der Waals surface area contributed by atoms with Crippen LogP contribution in [-0.2, 0) is 9.53 Å². The summed E-state index contributed by atoms with van der Waals surface area (Å²) in [6.45, 7) is 2.73. The molecule has 1 atom stereocenters. The topological polar surface area (TPSA) is 39.2 Å². The van der Waals surface area contributed by atoms with Gasteiger partial charge in [0.1, 0.15) is 6.61 Å². The summed E-state index contributed by atoms with van der Waals surface area (Å²) in [4.78, 5) is 15.2. The minimum absolute atomic E-state index is 0.0650. The number of aromatic nitrogens is 1. The average molecular weight is 250 g/mol. The highest BCUT2D eigenvalue weighted by atomic mass is 79.9. The summed E-state index contributed by atoms with van der Waals surface area (Å²) in [7, 11) is 0. The van der Waals surface area contributed by atoms with E-state index < -0.39 is 0 Å². The Hall–Kier alpha value is -0.420. The van der Waals surface area contributed by atoms with Crippen molar-refractivity contribution in [3.05, 3.63) is 16.1 Å². The van der Waals surface area contributed by atoms with Gasteiger partial charge in [0, 0.05) is 4.88 Å². The van der Waals surface area contributed by atoms with Crippen LogP contribution in [0.4, 0.5) is 0 Å². The molecule has 0 saturated carbocycles. The highest BCUT2D eigenvalue weighted by Gasteiger charge is 2.12. The third kappa shape index (κ3) is 2.28. The van der Waals surface area contributed by atoms with Crippen molar-refractivity contribution in [2.45, 2.75) is 11.8 Å². The molecule has 1 aromatic heterocycles. The summed E-state index contributed by atoms with van der Waals surface area (Å²) < 4.78 is 4.63. The Morgan fingerprint density at radius 3 is 3.17 bits per heavy atom. The lowest BCUT2D eigenvalue weighted by Gasteiger charge is -2.05. The molecule has 0 aromatic carbocycles. The minimum Gasteiger partial charge on any atom is -0.466 e. The van der Waals surface area contributed by atoms with Gasteiger partial charge in [0.2, 0.25) is 0 Å². The number of rotatable bonds is 4. The van der Waals surface area contributed by atoms with Gasteiger partial charge in [0.25, 0.3) is 6.47 Å². The van der Waals surface area contributed by atoms with E-state index in [0.717, 1.165) is 10.6 Å². The number of carbonyl (C=O) groups excluding carboxylic acids is 1. The zero-order valence-corrected chi connectivity index (χ0v) is 8.89. The van der Waals surface area contributed by atoms with E-state index in [9.17, 15) is 4.79 Å². The number of alkyl halides is 1. The molecule has 1 heterocycles. The standard InChI is InChI=1S/C7H8BrNO2S/c1-5-7(12-3-9-5)6(8)2-11-4-10/h3-4,6H,2H2,1H3. The molecule has 0 radical (unpaired) electrons. The van der Waals surface area contributed by atoms with E-state index >= 15 is 0 Å². The van der Waals surface area contributed by atoms with E-state index in [1.807, 2.05) is 6.92 Å². The molecule has 66 valence electrons. The average Bonchev–Trinajstić information content (AvgIpc) is 2.47. The molecule has 5 heteroatoms. The fraction of sp³-hybridized carbons (Fsp3) is 0.429. The van der Waals surface area contributed by atoms with Crippen molar-refractivity contribution in [3.63, 3.8) is 0 Å². The Labute approximate surface area is 82.9 Å². The molecule has 0 bridgehead atoms. The van der Waals surface area contributed by atoms with Crippen molar-refractivity contribution in [2.75, 3.05) is 6.61 Å². The fourth-order valence-corrected chi connectivity index (χ4v) is 2.38. The Bertz CT molecular complexity index is 264. The Kier molecular flexibility index (Phi) is 3.68. The number of aryl methyl sites for hydroxylation is 1. The van der Waals surface area contributed by atoms with Gasteiger partial charge in [-0.25, -0.2) is 4.98 Å². The largest absolute Gasteiger partial charge is 0.466 e. The molecule has 0 aliphatic carbocycles. The zero-order valence-electron chi connectivity index (χ0n) is 6.49. The first-order valence-corrected chi connectivity index (χ1v) is 5.14. The number of nitrogens with zero attached hydrogens (tertiary/aromatic N) is 1. The Morgan fingerprint density at radius 1 is 1.92 bits per heavy atom. The maximum absolute atomic E-state index is 9.91. The number of carbonyl (C=O) groups is 1. The van der Waals surface area contributed by atoms with E-state index in [2.05, 4.69) is 25.7 Å². The molecule has 3 nitrogen and oxygen atoms in total. The highest BCUT2D eigenvalue weighted by Crippen LogP contribution is 2.28. The van der Waals surface area contributed by atoms with Gasteiger partial charge < -0.3 is 4.74 Å². The Morgan fingerprint density at radius 2 is 2.67 bits per heavy atom. The Balaban J connectivity index is 2.58. The van der Waals surface area contributed by atoms with Crippen LogP contribution in [-0.4, -0.2) is 18.1 Å². The van der Waals surface area contributed by atoms with Crippen LogP contribution < -0.4 is 0 Å². The van der Waals surface area contributed by atoms with E-state index in [0.29, 0.717) is 13.1 Å². The van der Waals surface area contributed by atoms with Crippen molar-refractivity contribution < 1.29 is 9.53 Å². The van der Waals surface area contributed by atoms with Gasteiger partial charge in [0.15, 0.2) is 0 Å². The molecule has 0 aliphatic heterocycles. The molecule has 0 N–H and O–H groups in total. The molecule has 1 rings (SSSR count). The maximum atomic E-state index is 9.91. The second-order valence-corrected chi connectivity index (χ2v) is 4.19. The van der Waals surface area contributed by atoms with Crippen LogP contribution in [0, 0.1) is 6.92 Å². The summed E-state index contributed by atoms with van der Waals surface area (Å²) in [5.74, 6) is 0. The van der Waals surface area contributed by atoms with Gasteiger partial charge in [-0.05, 0) is 6.92 Å². The molecule has 1 unspecified atom stereocenters. The number of ether oxygens (including phenoxy) is 1. The van der Waals surface area contributed by atoms with Crippen molar-refractivity contribution >= 4 is 33.7 Å². The van der Waals surface area contributed by atoms with Gasteiger partial charge >= 0.3 is 0 Å². The normalized spacial score (nSPS) is 12.5. The minimum atomic E-state index is 0.0650.